The average Bonchev–Trinajstić information content (AvgIpc) is 2.75. The van der Waals surface area contributed by atoms with Crippen LogP contribution in [0.5, 0.6) is 0 Å². The van der Waals surface area contributed by atoms with E-state index in [0.29, 0.717) is 17.0 Å². The fourth-order valence-electron chi connectivity index (χ4n) is 3.20. The lowest BCUT2D eigenvalue weighted by Crippen LogP contribution is -2.45. The molecular formula is C17H20N2O3. The Kier molecular flexibility index (Phi) is 3.96. The molecule has 2 aliphatic rings. The van der Waals surface area contributed by atoms with Crippen molar-refractivity contribution in [2.45, 2.75) is 38.6 Å². The molecule has 0 unspecified atom stereocenters. The highest BCUT2D eigenvalue weighted by atomic mass is 16.2. The maximum atomic E-state index is 12.2. The van der Waals surface area contributed by atoms with E-state index in [4.69, 9.17) is 0 Å². The van der Waals surface area contributed by atoms with Crippen molar-refractivity contribution < 1.29 is 14.4 Å². The fraction of sp³-hybridized carbons (Fsp3) is 0.471. The molecule has 0 spiro atoms. The number of carbonyl (C=O) groups excluding carboxylic acids is 3. The molecule has 1 aromatic carbocycles. The molecule has 0 saturated heterocycles. The summed E-state index contributed by atoms with van der Waals surface area (Å²) in [6.45, 7) is 2.02. The van der Waals surface area contributed by atoms with Gasteiger partial charge in [0.25, 0.3) is 11.8 Å². The van der Waals surface area contributed by atoms with Crippen molar-refractivity contribution in [2.75, 3.05) is 6.54 Å². The second-order valence-corrected chi connectivity index (χ2v) is 6.27. The van der Waals surface area contributed by atoms with E-state index in [1.807, 2.05) is 0 Å². The smallest absolute Gasteiger partial charge is 0.262 e. The van der Waals surface area contributed by atoms with Gasteiger partial charge in [0.2, 0.25) is 5.91 Å². The van der Waals surface area contributed by atoms with E-state index < -0.39 is 0 Å². The van der Waals surface area contributed by atoms with Crippen molar-refractivity contribution in [3.05, 3.63) is 35.4 Å². The lowest BCUT2D eigenvalue weighted by atomic mass is 9.87. The van der Waals surface area contributed by atoms with Gasteiger partial charge in [-0.05, 0) is 43.7 Å². The molecule has 1 heterocycles. The molecule has 0 radical (unpaired) electrons. The van der Waals surface area contributed by atoms with Crippen LogP contribution in [-0.2, 0) is 4.79 Å². The first-order valence-corrected chi connectivity index (χ1v) is 7.81. The zero-order valence-corrected chi connectivity index (χ0v) is 12.7. The highest BCUT2D eigenvalue weighted by molar-refractivity contribution is 6.22. The van der Waals surface area contributed by atoms with Crippen LogP contribution in [0, 0.1) is 5.92 Å². The quantitative estimate of drug-likeness (QED) is 0.868. The van der Waals surface area contributed by atoms with Gasteiger partial charge in [-0.1, -0.05) is 19.1 Å². The fourth-order valence-corrected chi connectivity index (χ4v) is 3.20. The molecule has 116 valence electrons. The lowest BCUT2D eigenvalue weighted by Gasteiger charge is -2.27. The minimum atomic E-state index is -0.381. The molecule has 0 aromatic heterocycles. The van der Waals surface area contributed by atoms with E-state index in [9.17, 15) is 14.4 Å². The Morgan fingerprint density at radius 1 is 1.09 bits per heavy atom. The molecule has 3 amide bonds. The number of imide groups is 1. The van der Waals surface area contributed by atoms with Crippen molar-refractivity contribution in [2.24, 2.45) is 5.92 Å². The monoisotopic (exact) mass is 300 g/mol. The van der Waals surface area contributed by atoms with Gasteiger partial charge in [-0.3, -0.25) is 19.3 Å². The Morgan fingerprint density at radius 3 is 2.18 bits per heavy atom. The van der Waals surface area contributed by atoms with E-state index in [2.05, 4.69) is 12.2 Å². The maximum absolute atomic E-state index is 12.2. The topological polar surface area (TPSA) is 66.5 Å². The molecule has 5 nitrogen and oxygen atoms in total. The summed E-state index contributed by atoms with van der Waals surface area (Å²) in [4.78, 5) is 37.6. The standard InChI is InChI=1S/C17H20N2O3/c1-11-6-8-12(9-7-11)18-15(20)10-19-16(21)13-4-2-3-5-14(13)17(19)22/h2-5,11-12H,6-10H2,1H3,(H,18,20). The van der Waals surface area contributed by atoms with Crippen LogP contribution in [0.2, 0.25) is 0 Å². The molecule has 0 atom stereocenters. The Balaban J connectivity index is 1.61. The SMILES string of the molecule is CC1CCC(NC(=O)CN2C(=O)c3ccccc3C2=O)CC1. The summed E-state index contributed by atoms with van der Waals surface area (Å²) in [5.41, 5.74) is 0.763. The van der Waals surface area contributed by atoms with Gasteiger partial charge >= 0.3 is 0 Å². The van der Waals surface area contributed by atoms with E-state index in [1.165, 1.54) is 0 Å². The number of nitrogens with zero attached hydrogens (tertiary/aromatic N) is 1. The van der Waals surface area contributed by atoms with Gasteiger partial charge in [-0.2, -0.15) is 0 Å². The number of benzene rings is 1. The molecule has 1 saturated carbocycles. The van der Waals surface area contributed by atoms with Crippen molar-refractivity contribution in [1.82, 2.24) is 10.2 Å². The second kappa shape index (κ2) is 5.91. The van der Waals surface area contributed by atoms with Gasteiger partial charge in [0, 0.05) is 6.04 Å². The zero-order chi connectivity index (χ0) is 15.7. The summed E-state index contributed by atoms with van der Waals surface area (Å²) < 4.78 is 0. The Bertz CT molecular complexity index is 583. The van der Waals surface area contributed by atoms with Gasteiger partial charge in [-0.15, -0.1) is 0 Å². The van der Waals surface area contributed by atoms with Crippen LogP contribution in [0.4, 0.5) is 0 Å². The molecule has 1 aliphatic carbocycles. The number of amides is 3. The summed E-state index contributed by atoms with van der Waals surface area (Å²) >= 11 is 0. The number of nitrogens with one attached hydrogen (secondary N) is 1. The van der Waals surface area contributed by atoms with Crippen molar-refractivity contribution in [1.29, 1.82) is 0 Å². The maximum Gasteiger partial charge on any atom is 0.262 e. The first-order valence-electron chi connectivity index (χ1n) is 7.81. The number of rotatable bonds is 3. The third kappa shape index (κ3) is 2.75. The first kappa shape index (κ1) is 14.8. The van der Waals surface area contributed by atoms with Gasteiger partial charge in [-0.25, -0.2) is 0 Å². The van der Waals surface area contributed by atoms with Crippen LogP contribution < -0.4 is 5.32 Å². The van der Waals surface area contributed by atoms with Gasteiger partial charge in [0.1, 0.15) is 6.54 Å². The largest absolute Gasteiger partial charge is 0.352 e. The van der Waals surface area contributed by atoms with Crippen LogP contribution in [0.1, 0.15) is 53.3 Å². The zero-order valence-electron chi connectivity index (χ0n) is 12.7. The second-order valence-electron chi connectivity index (χ2n) is 6.27. The van der Waals surface area contributed by atoms with E-state index in [1.54, 1.807) is 24.3 Å². The van der Waals surface area contributed by atoms with Crippen molar-refractivity contribution in [3.8, 4) is 0 Å². The summed E-state index contributed by atoms with van der Waals surface area (Å²) in [6, 6.07) is 6.85. The molecule has 1 N–H and O–H groups in total. The van der Waals surface area contributed by atoms with E-state index >= 15 is 0 Å². The minimum absolute atomic E-state index is 0.166. The molecule has 1 fully saturated rings. The molecule has 0 bridgehead atoms. The highest BCUT2D eigenvalue weighted by Crippen LogP contribution is 2.24. The van der Waals surface area contributed by atoms with E-state index in [0.717, 1.165) is 30.6 Å². The van der Waals surface area contributed by atoms with Crippen LogP contribution in [0.3, 0.4) is 0 Å². The number of hydrogen-bond donors (Lipinski definition) is 1. The lowest BCUT2D eigenvalue weighted by molar-refractivity contribution is -0.122. The summed E-state index contributed by atoms with van der Waals surface area (Å²) in [6.07, 6.45) is 4.15. The molecular weight excluding hydrogens is 280 g/mol. The summed E-state index contributed by atoms with van der Waals surface area (Å²) in [5.74, 6) is -0.306. The van der Waals surface area contributed by atoms with E-state index in [-0.39, 0.29) is 30.3 Å². The Morgan fingerprint density at radius 2 is 1.64 bits per heavy atom. The molecule has 22 heavy (non-hydrogen) atoms. The molecule has 1 aromatic rings. The first-order chi connectivity index (χ1) is 10.6. The van der Waals surface area contributed by atoms with Crippen LogP contribution in [-0.4, -0.2) is 35.2 Å². The third-order valence-corrected chi connectivity index (χ3v) is 4.56. The van der Waals surface area contributed by atoms with Crippen molar-refractivity contribution >= 4 is 17.7 Å². The Hall–Kier alpha value is -2.17. The van der Waals surface area contributed by atoms with Crippen molar-refractivity contribution in [3.63, 3.8) is 0 Å². The van der Waals surface area contributed by atoms with Gasteiger partial charge < -0.3 is 5.32 Å². The predicted octanol–water partition coefficient (Wildman–Crippen LogP) is 1.98. The normalized spacial score (nSPS) is 24.3. The van der Waals surface area contributed by atoms with Crippen LogP contribution in [0.25, 0.3) is 0 Å². The van der Waals surface area contributed by atoms with Gasteiger partial charge in [0.15, 0.2) is 0 Å². The molecule has 5 heteroatoms. The number of carbonyl (C=O) groups is 3. The average molecular weight is 300 g/mol. The van der Waals surface area contributed by atoms with Crippen LogP contribution >= 0.6 is 0 Å². The Labute approximate surface area is 129 Å². The summed E-state index contributed by atoms with van der Waals surface area (Å²) in [5, 5.41) is 2.95. The minimum Gasteiger partial charge on any atom is -0.352 e. The van der Waals surface area contributed by atoms with Crippen LogP contribution in [0.15, 0.2) is 24.3 Å². The predicted molar refractivity (Wildman–Crippen MR) is 81.4 cm³/mol. The number of fused-ring (bicyclic) bond motifs is 1. The molecule has 1 aliphatic heterocycles. The molecule has 3 rings (SSSR count). The van der Waals surface area contributed by atoms with Gasteiger partial charge in [0.05, 0.1) is 11.1 Å². The summed E-state index contributed by atoms with van der Waals surface area (Å²) in [7, 11) is 0. The number of hydrogen-bond acceptors (Lipinski definition) is 3. The highest BCUT2D eigenvalue weighted by Gasteiger charge is 2.36. The third-order valence-electron chi connectivity index (χ3n) is 4.56.